The highest BCUT2D eigenvalue weighted by Gasteiger charge is 2.18. The van der Waals surface area contributed by atoms with Gasteiger partial charge < -0.3 is 0 Å². The molecule has 22 heavy (non-hydrogen) atoms. The Morgan fingerprint density at radius 1 is 0.636 bits per heavy atom. The zero-order chi connectivity index (χ0) is 16.7. The second-order valence-corrected chi connectivity index (χ2v) is 8.57. The molecule has 0 aliphatic heterocycles. The van der Waals surface area contributed by atoms with Gasteiger partial charge in [0.25, 0.3) is 0 Å². The average molecular weight is 294 g/mol. The standard InChI is InChI=1S/C22H30/c1-15-12-19(22(6,7)8)13-16(2)20(15)17-10-9-11-18(14-17)21(3,4)5/h9-14H,1-8H3. The highest BCUT2D eigenvalue weighted by Crippen LogP contribution is 2.34. The molecule has 0 radical (unpaired) electrons. The van der Waals surface area contributed by atoms with Crippen LogP contribution in [0.15, 0.2) is 36.4 Å². The fourth-order valence-electron chi connectivity index (χ4n) is 2.99. The summed E-state index contributed by atoms with van der Waals surface area (Å²) >= 11 is 0. The molecule has 0 atom stereocenters. The van der Waals surface area contributed by atoms with Crippen molar-refractivity contribution < 1.29 is 0 Å². The Morgan fingerprint density at radius 3 is 1.59 bits per heavy atom. The smallest absolute Gasteiger partial charge is 0.0125 e. The van der Waals surface area contributed by atoms with Gasteiger partial charge in [0.1, 0.15) is 0 Å². The summed E-state index contributed by atoms with van der Waals surface area (Å²) in [6.45, 7) is 18.1. The van der Waals surface area contributed by atoms with Crippen LogP contribution in [-0.2, 0) is 10.8 Å². The van der Waals surface area contributed by atoms with Gasteiger partial charge in [-0.1, -0.05) is 77.9 Å². The van der Waals surface area contributed by atoms with Gasteiger partial charge in [-0.25, -0.2) is 0 Å². The fraction of sp³-hybridized carbons (Fsp3) is 0.455. The van der Waals surface area contributed by atoms with E-state index in [2.05, 4.69) is 91.8 Å². The van der Waals surface area contributed by atoms with Crippen LogP contribution in [-0.4, -0.2) is 0 Å². The van der Waals surface area contributed by atoms with Gasteiger partial charge in [0.15, 0.2) is 0 Å². The fourth-order valence-corrected chi connectivity index (χ4v) is 2.99. The minimum Gasteiger partial charge on any atom is -0.0614 e. The molecule has 0 aromatic heterocycles. The largest absolute Gasteiger partial charge is 0.0614 e. The van der Waals surface area contributed by atoms with E-state index in [0.717, 1.165) is 0 Å². The number of hydrogen-bond donors (Lipinski definition) is 0. The molecular weight excluding hydrogens is 264 g/mol. The van der Waals surface area contributed by atoms with Gasteiger partial charge in [-0.3, -0.25) is 0 Å². The Balaban J connectivity index is 2.59. The second kappa shape index (κ2) is 5.57. The van der Waals surface area contributed by atoms with Crippen LogP contribution in [0.4, 0.5) is 0 Å². The van der Waals surface area contributed by atoms with Crippen LogP contribution in [0.25, 0.3) is 11.1 Å². The molecule has 0 saturated carbocycles. The molecule has 0 amide bonds. The summed E-state index contributed by atoms with van der Waals surface area (Å²) < 4.78 is 0. The minimum absolute atomic E-state index is 0.184. The number of hydrogen-bond acceptors (Lipinski definition) is 0. The molecule has 0 bridgehead atoms. The van der Waals surface area contributed by atoms with E-state index in [1.165, 1.54) is 33.4 Å². The van der Waals surface area contributed by atoms with Gasteiger partial charge in [-0.15, -0.1) is 0 Å². The molecule has 0 N–H and O–H groups in total. The number of rotatable bonds is 1. The minimum atomic E-state index is 0.184. The monoisotopic (exact) mass is 294 g/mol. The Morgan fingerprint density at radius 2 is 1.14 bits per heavy atom. The quantitative estimate of drug-likeness (QED) is 0.558. The van der Waals surface area contributed by atoms with Crippen molar-refractivity contribution >= 4 is 0 Å². The molecule has 0 heteroatoms. The van der Waals surface area contributed by atoms with E-state index in [4.69, 9.17) is 0 Å². The summed E-state index contributed by atoms with van der Waals surface area (Å²) in [5, 5.41) is 0. The van der Waals surface area contributed by atoms with E-state index in [-0.39, 0.29) is 10.8 Å². The zero-order valence-electron chi connectivity index (χ0n) is 15.5. The van der Waals surface area contributed by atoms with Gasteiger partial charge in [0.05, 0.1) is 0 Å². The Hall–Kier alpha value is -1.56. The van der Waals surface area contributed by atoms with E-state index in [1.807, 2.05) is 0 Å². The van der Waals surface area contributed by atoms with Crippen LogP contribution in [0, 0.1) is 13.8 Å². The molecule has 2 aromatic carbocycles. The third-order valence-electron chi connectivity index (χ3n) is 4.42. The summed E-state index contributed by atoms with van der Waals surface area (Å²) in [4.78, 5) is 0. The van der Waals surface area contributed by atoms with Crippen molar-refractivity contribution in [2.24, 2.45) is 0 Å². The van der Waals surface area contributed by atoms with E-state index >= 15 is 0 Å². The van der Waals surface area contributed by atoms with Crippen molar-refractivity contribution in [2.45, 2.75) is 66.2 Å². The molecule has 0 spiro atoms. The Kier molecular flexibility index (Phi) is 4.26. The number of benzene rings is 2. The molecule has 0 aliphatic rings. The van der Waals surface area contributed by atoms with Crippen LogP contribution in [0.1, 0.15) is 63.8 Å². The maximum Gasteiger partial charge on any atom is -0.0125 e. The van der Waals surface area contributed by atoms with Crippen LogP contribution >= 0.6 is 0 Å². The van der Waals surface area contributed by atoms with Gasteiger partial charge in [0.2, 0.25) is 0 Å². The summed E-state index contributed by atoms with van der Waals surface area (Å²) in [6.07, 6.45) is 0. The first-order chi connectivity index (χ1) is 10.00. The van der Waals surface area contributed by atoms with Gasteiger partial charge in [-0.05, 0) is 58.1 Å². The van der Waals surface area contributed by atoms with Crippen molar-refractivity contribution in [3.8, 4) is 11.1 Å². The summed E-state index contributed by atoms with van der Waals surface area (Å²) in [6, 6.07) is 13.7. The van der Waals surface area contributed by atoms with Gasteiger partial charge >= 0.3 is 0 Å². The SMILES string of the molecule is Cc1cc(C(C)(C)C)cc(C)c1-c1cccc(C(C)(C)C)c1. The van der Waals surface area contributed by atoms with Crippen molar-refractivity contribution in [2.75, 3.05) is 0 Å². The first-order valence-electron chi connectivity index (χ1n) is 8.23. The second-order valence-electron chi connectivity index (χ2n) is 8.57. The maximum atomic E-state index is 2.35. The van der Waals surface area contributed by atoms with Crippen molar-refractivity contribution in [1.29, 1.82) is 0 Å². The molecule has 0 heterocycles. The lowest BCUT2D eigenvalue weighted by Crippen LogP contribution is -2.12. The lowest BCUT2D eigenvalue weighted by atomic mass is 9.81. The lowest BCUT2D eigenvalue weighted by Gasteiger charge is -2.24. The summed E-state index contributed by atoms with van der Waals surface area (Å²) in [7, 11) is 0. The predicted octanol–water partition coefficient (Wildman–Crippen LogP) is 6.57. The highest BCUT2D eigenvalue weighted by molar-refractivity contribution is 5.72. The van der Waals surface area contributed by atoms with Gasteiger partial charge in [-0.2, -0.15) is 0 Å². The van der Waals surface area contributed by atoms with Gasteiger partial charge in [0, 0.05) is 0 Å². The average Bonchev–Trinajstić information content (AvgIpc) is 2.36. The third kappa shape index (κ3) is 3.43. The normalized spacial score (nSPS) is 12.5. The third-order valence-corrected chi connectivity index (χ3v) is 4.42. The predicted molar refractivity (Wildman–Crippen MR) is 98.8 cm³/mol. The van der Waals surface area contributed by atoms with Crippen LogP contribution in [0.2, 0.25) is 0 Å². The molecule has 0 aliphatic carbocycles. The maximum absolute atomic E-state index is 2.35. The Labute approximate surface area is 136 Å². The lowest BCUT2D eigenvalue weighted by molar-refractivity contribution is 0.589. The molecule has 0 nitrogen and oxygen atoms in total. The van der Waals surface area contributed by atoms with Crippen LogP contribution in [0.3, 0.4) is 0 Å². The van der Waals surface area contributed by atoms with E-state index < -0.39 is 0 Å². The van der Waals surface area contributed by atoms with Crippen molar-refractivity contribution in [3.63, 3.8) is 0 Å². The molecule has 118 valence electrons. The van der Waals surface area contributed by atoms with E-state index in [9.17, 15) is 0 Å². The first-order valence-corrected chi connectivity index (χ1v) is 8.23. The number of aryl methyl sites for hydroxylation is 2. The molecule has 2 aromatic rings. The van der Waals surface area contributed by atoms with E-state index in [0.29, 0.717) is 0 Å². The zero-order valence-corrected chi connectivity index (χ0v) is 15.5. The van der Waals surface area contributed by atoms with Crippen LogP contribution < -0.4 is 0 Å². The first kappa shape index (κ1) is 16.8. The summed E-state index contributed by atoms with van der Waals surface area (Å²) in [5.74, 6) is 0. The highest BCUT2D eigenvalue weighted by atomic mass is 14.2. The van der Waals surface area contributed by atoms with E-state index in [1.54, 1.807) is 0 Å². The topological polar surface area (TPSA) is 0 Å². The molecule has 0 saturated heterocycles. The Bertz CT molecular complexity index is 653. The molecular formula is C22H30. The molecule has 0 fully saturated rings. The van der Waals surface area contributed by atoms with Crippen molar-refractivity contribution in [1.82, 2.24) is 0 Å². The molecule has 0 unspecified atom stereocenters. The summed E-state index contributed by atoms with van der Waals surface area (Å²) in [5.41, 5.74) is 8.65. The van der Waals surface area contributed by atoms with Crippen molar-refractivity contribution in [3.05, 3.63) is 58.7 Å². The molecule has 2 rings (SSSR count). The van der Waals surface area contributed by atoms with Crippen LogP contribution in [0.5, 0.6) is 0 Å².